The molecule has 2 aromatic rings. The zero-order valence-corrected chi connectivity index (χ0v) is 18.9. The molecule has 0 fully saturated rings. The fourth-order valence-corrected chi connectivity index (χ4v) is 4.16. The second-order valence-corrected chi connectivity index (χ2v) is 13.8. The summed E-state index contributed by atoms with van der Waals surface area (Å²) in [6.45, 7) is 10.5. The average Bonchev–Trinajstić information content (AvgIpc) is 2.90. The van der Waals surface area contributed by atoms with E-state index < -0.39 is 32.0 Å². The maximum Gasteiger partial charge on any atom is 0.312 e. The zero-order valence-electron chi connectivity index (χ0n) is 17.9. The standard InChI is InChI=1S/C23H27NO5Si/c1-23(2,3)30(4,5)29-16-12-10-15(11-13-16)19(22(27)28)14-24-20(25)17-8-6-7-9-18(17)21(24)26/h6-13,19H,14H2,1-5H3,(H,27,28). The SMILES string of the molecule is CC(C)(C)[Si](C)(C)Oc1ccc(C(CN2C(=O)c3ccccc3C2=O)C(=O)O)cc1. The highest BCUT2D eigenvalue weighted by Crippen LogP contribution is 2.37. The van der Waals surface area contributed by atoms with E-state index in [1.165, 1.54) is 0 Å². The summed E-state index contributed by atoms with van der Waals surface area (Å²) in [6.07, 6.45) is 0. The van der Waals surface area contributed by atoms with Crippen molar-refractivity contribution in [3.63, 3.8) is 0 Å². The number of amides is 2. The summed E-state index contributed by atoms with van der Waals surface area (Å²) in [5, 5.41) is 9.81. The van der Waals surface area contributed by atoms with Crippen molar-refractivity contribution in [3.8, 4) is 5.75 Å². The van der Waals surface area contributed by atoms with Crippen molar-refractivity contribution in [2.24, 2.45) is 0 Å². The van der Waals surface area contributed by atoms with Crippen LogP contribution in [0.5, 0.6) is 5.75 Å². The van der Waals surface area contributed by atoms with E-state index in [2.05, 4.69) is 33.9 Å². The van der Waals surface area contributed by atoms with Crippen LogP contribution in [-0.2, 0) is 4.79 Å². The van der Waals surface area contributed by atoms with Crippen molar-refractivity contribution in [1.29, 1.82) is 0 Å². The Morgan fingerprint density at radius 3 is 1.93 bits per heavy atom. The maximum atomic E-state index is 12.6. The quantitative estimate of drug-likeness (QED) is 0.543. The molecule has 0 saturated carbocycles. The lowest BCUT2D eigenvalue weighted by Gasteiger charge is -2.36. The third-order valence-electron chi connectivity index (χ3n) is 6.00. The number of carboxylic acids is 1. The van der Waals surface area contributed by atoms with Crippen LogP contribution in [0.1, 0.15) is 53.0 Å². The molecule has 2 aromatic carbocycles. The van der Waals surface area contributed by atoms with Gasteiger partial charge in [-0.2, -0.15) is 0 Å². The second-order valence-electron chi connectivity index (χ2n) is 9.09. The summed E-state index contributed by atoms with van der Waals surface area (Å²) in [5.74, 6) is -2.34. The van der Waals surface area contributed by atoms with E-state index in [9.17, 15) is 19.5 Å². The monoisotopic (exact) mass is 425 g/mol. The molecule has 1 aliphatic rings. The molecule has 6 nitrogen and oxygen atoms in total. The van der Waals surface area contributed by atoms with E-state index in [1.54, 1.807) is 48.5 Å². The molecule has 2 amide bonds. The van der Waals surface area contributed by atoms with E-state index >= 15 is 0 Å². The van der Waals surface area contributed by atoms with Crippen LogP contribution in [0.2, 0.25) is 18.1 Å². The van der Waals surface area contributed by atoms with Gasteiger partial charge in [-0.3, -0.25) is 19.3 Å². The first kappa shape index (κ1) is 21.8. The van der Waals surface area contributed by atoms with Crippen molar-refractivity contribution in [2.75, 3.05) is 6.54 Å². The predicted molar refractivity (Wildman–Crippen MR) is 116 cm³/mol. The summed E-state index contributed by atoms with van der Waals surface area (Å²) in [7, 11) is -2.01. The third kappa shape index (κ3) is 4.02. The third-order valence-corrected chi connectivity index (χ3v) is 10.4. The van der Waals surface area contributed by atoms with Crippen LogP contribution in [0.3, 0.4) is 0 Å². The molecule has 0 spiro atoms. The fraction of sp³-hybridized carbons (Fsp3) is 0.348. The topological polar surface area (TPSA) is 83.9 Å². The van der Waals surface area contributed by atoms with Gasteiger partial charge >= 0.3 is 5.97 Å². The number of imide groups is 1. The summed E-state index contributed by atoms with van der Waals surface area (Å²) in [4.78, 5) is 38.2. The van der Waals surface area contributed by atoms with Crippen molar-refractivity contribution >= 4 is 26.1 Å². The average molecular weight is 426 g/mol. The number of rotatable bonds is 6. The lowest BCUT2D eigenvalue weighted by Crippen LogP contribution is -2.43. The van der Waals surface area contributed by atoms with Crippen LogP contribution in [-0.4, -0.2) is 42.7 Å². The highest BCUT2D eigenvalue weighted by molar-refractivity contribution is 6.74. The Bertz CT molecular complexity index is 956. The van der Waals surface area contributed by atoms with Crippen LogP contribution in [0.15, 0.2) is 48.5 Å². The Kier molecular flexibility index (Phi) is 5.60. The van der Waals surface area contributed by atoms with Gasteiger partial charge in [-0.25, -0.2) is 0 Å². The van der Waals surface area contributed by atoms with Crippen LogP contribution in [0, 0.1) is 0 Å². The van der Waals surface area contributed by atoms with Crippen molar-refractivity contribution in [1.82, 2.24) is 4.90 Å². The zero-order chi connectivity index (χ0) is 22.3. The van der Waals surface area contributed by atoms with Gasteiger partial charge in [0.25, 0.3) is 11.8 Å². The molecule has 3 rings (SSSR count). The Labute approximate surface area is 177 Å². The Morgan fingerprint density at radius 2 is 1.50 bits per heavy atom. The van der Waals surface area contributed by atoms with Crippen LogP contribution in [0.25, 0.3) is 0 Å². The molecule has 0 aromatic heterocycles. The van der Waals surface area contributed by atoms with Crippen LogP contribution >= 0.6 is 0 Å². The Morgan fingerprint density at radius 1 is 1.00 bits per heavy atom. The number of hydrogen-bond donors (Lipinski definition) is 1. The number of carbonyl (C=O) groups excluding carboxylic acids is 2. The van der Waals surface area contributed by atoms with Gasteiger partial charge in [-0.15, -0.1) is 0 Å². The van der Waals surface area contributed by atoms with Crippen molar-refractivity contribution < 1.29 is 23.9 Å². The van der Waals surface area contributed by atoms with Crippen LogP contribution < -0.4 is 4.43 Å². The molecule has 30 heavy (non-hydrogen) atoms. The summed E-state index contributed by atoms with van der Waals surface area (Å²) < 4.78 is 6.24. The fourth-order valence-electron chi connectivity index (χ4n) is 3.13. The smallest absolute Gasteiger partial charge is 0.312 e. The molecular formula is C23H27NO5Si. The lowest BCUT2D eigenvalue weighted by molar-refractivity contribution is -0.138. The highest BCUT2D eigenvalue weighted by Gasteiger charge is 2.40. The molecule has 0 saturated heterocycles. The molecule has 1 aliphatic heterocycles. The van der Waals surface area contributed by atoms with Gasteiger partial charge in [0, 0.05) is 6.54 Å². The molecule has 1 heterocycles. The van der Waals surface area contributed by atoms with Crippen molar-refractivity contribution in [2.45, 2.75) is 44.8 Å². The summed E-state index contributed by atoms with van der Waals surface area (Å²) >= 11 is 0. The molecule has 1 atom stereocenters. The minimum Gasteiger partial charge on any atom is -0.544 e. The van der Waals surface area contributed by atoms with E-state index in [4.69, 9.17) is 4.43 Å². The Hall–Kier alpha value is -2.93. The van der Waals surface area contributed by atoms with E-state index in [-0.39, 0.29) is 11.6 Å². The number of aliphatic carboxylic acids is 1. The number of nitrogens with zero attached hydrogens (tertiary/aromatic N) is 1. The number of benzene rings is 2. The number of carbonyl (C=O) groups is 3. The van der Waals surface area contributed by atoms with E-state index in [0.717, 1.165) is 4.90 Å². The van der Waals surface area contributed by atoms with E-state index in [1.807, 2.05) is 0 Å². The number of carboxylic acid groups (broad SMARTS) is 1. The molecule has 0 radical (unpaired) electrons. The molecular weight excluding hydrogens is 398 g/mol. The molecule has 1 N–H and O–H groups in total. The number of hydrogen-bond acceptors (Lipinski definition) is 4. The second kappa shape index (κ2) is 7.72. The van der Waals surface area contributed by atoms with Gasteiger partial charge in [0.05, 0.1) is 17.0 Å². The van der Waals surface area contributed by atoms with Gasteiger partial charge < -0.3 is 9.53 Å². The molecule has 7 heteroatoms. The summed E-state index contributed by atoms with van der Waals surface area (Å²) in [6, 6.07) is 13.4. The first-order valence-corrected chi connectivity index (χ1v) is 12.8. The molecule has 158 valence electrons. The van der Waals surface area contributed by atoms with Gasteiger partial charge in [-0.05, 0) is 48.0 Å². The molecule has 1 unspecified atom stereocenters. The van der Waals surface area contributed by atoms with Crippen LogP contribution in [0.4, 0.5) is 0 Å². The van der Waals surface area contributed by atoms with Crippen molar-refractivity contribution in [3.05, 3.63) is 65.2 Å². The van der Waals surface area contributed by atoms with Gasteiger partial charge in [-0.1, -0.05) is 45.0 Å². The number of fused-ring (bicyclic) bond motifs is 1. The maximum absolute atomic E-state index is 12.6. The lowest BCUT2D eigenvalue weighted by atomic mass is 9.98. The summed E-state index contributed by atoms with van der Waals surface area (Å²) in [5.41, 5.74) is 1.14. The minimum absolute atomic E-state index is 0.0424. The largest absolute Gasteiger partial charge is 0.544 e. The van der Waals surface area contributed by atoms with Gasteiger partial charge in [0.15, 0.2) is 0 Å². The highest BCUT2D eigenvalue weighted by atomic mass is 28.4. The Balaban J connectivity index is 1.80. The molecule has 0 aliphatic carbocycles. The normalized spacial score (nSPS) is 15.2. The first-order chi connectivity index (χ1) is 13.9. The predicted octanol–water partition coefficient (Wildman–Crippen LogP) is 4.54. The first-order valence-electron chi connectivity index (χ1n) is 9.89. The van der Waals surface area contributed by atoms with Gasteiger partial charge in [0.1, 0.15) is 5.75 Å². The molecule has 0 bridgehead atoms. The van der Waals surface area contributed by atoms with E-state index in [0.29, 0.717) is 22.4 Å². The minimum atomic E-state index is -2.01. The van der Waals surface area contributed by atoms with Gasteiger partial charge in [0.2, 0.25) is 8.32 Å².